The van der Waals surface area contributed by atoms with Crippen LogP contribution >= 0.6 is 0 Å². The predicted octanol–water partition coefficient (Wildman–Crippen LogP) is 1.73. The van der Waals surface area contributed by atoms with Gasteiger partial charge < -0.3 is 9.42 Å². The third-order valence-electron chi connectivity index (χ3n) is 2.71. The van der Waals surface area contributed by atoms with Crippen LogP contribution in [-0.2, 0) is 0 Å². The van der Waals surface area contributed by atoms with Crippen LogP contribution in [-0.4, -0.2) is 28.2 Å². The third-order valence-corrected chi connectivity index (χ3v) is 2.71. The van der Waals surface area contributed by atoms with Gasteiger partial charge in [0.2, 0.25) is 5.82 Å². The van der Waals surface area contributed by atoms with E-state index in [0.717, 1.165) is 18.7 Å². The number of aromatic nitrogens is 3. The lowest BCUT2D eigenvalue weighted by Crippen LogP contribution is -2.17. The van der Waals surface area contributed by atoms with Gasteiger partial charge in [-0.1, -0.05) is 5.16 Å². The molecule has 5 heteroatoms. The Balaban J connectivity index is 1.87. The van der Waals surface area contributed by atoms with Gasteiger partial charge in [0.1, 0.15) is 0 Å². The summed E-state index contributed by atoms with van der Waals surface area (Å²) in [4.78, 5) is 10.5. The topological polar surface area (TPSA) is 55.1 Å². The fourth-order valence-corrected chi connectivity index (χ4v) is 1.86. The van der Waals surface area contributed by atoms with Crippen molar-refractivity contribution >= 4 is 6.01 Å². The molecule has 1 aliphatic heterocycles. The molecule has 0 radical (unpaired) electrons. The number of pyridine rings is 1. The Morgan fingerprint density at radius 3 is 2.88 bits per heavy atom. The van der Waals surface area contributed by atoms with E-state index in [1.807, 2.05) is 12.1 Å². The van der Waals surface area contributed by atoms with Crippen LogP contribution in [0.15, 0.2) is 29.0 Å². The molecule has 2 aromatic heterocycles. The highest BCUT2D eigenvalue weighted by atomic mass is 16.5. The number of nitrogens with zero attached hydrogens (tertiary/aromatic N) is 4. The minimum atomic E-state index is 0.606. The van der Waals surface area contributed by atoms with E-state index in [1.54, 1.807) is 12.4 Å². The molecule has 0 atom stereocenters. The van der Waals surface area contributed by atoms with Gasteiger partial charge in [-0.3, -0.25) is 4.98 Å². The van der Waals surface area contributed by atoms with Gasteiger partial charge in [0.05, 0.1) is 0 Å². The molecule has 5 nitrogen and oxygen atoms in total. The average Bonchev–Trinajstić information content (AvgIpc) is 3.01. The van der Waals surface area contributed by atoms with Gasteiger partial charge >= 0.3 is 6.01 Å². The lowest BCUT2D eigenvalue weighted by Gasteiger charge is -2.09. The molecule has 0 spiro atoms. The molecule has 0 aromatic carbocycles. The van der Waals surface area contributed by atoms with Gasteiger partial charge in [0.15, 0.2) is 0 Å². The van der Waals surface area contributed by atoms with Crippen molar-refractivity contribution in [2.75, 3.05) is 18.0 Å². The maximum absolute atomic E-state index is 5.24. The van der Waals surface area contributed by atoms with E-state index in [1.165, 1.54) is 12.8 Å². The lowest BCUT2D eigenvalue weighted by atomic mass is 10.3. The van der Waals surface area contributed by atoms with E-state index in [2.05, 4.69) is 20.0 Å². The molecule has 1 fully saturated rings. The summed E-state index contributed by atoms with van der Waals surface area (Å²) < 4.78 is 5.24. The van der Waals surface area contributed by atoms with Crippen LogP contribution in [0.2, 0.25) is 0 Å². The highest BCUT2D eigenvalue weighted by molar-refractivity contribution is 5.53. The molecule has 0 unspecified atom stereocenters. The Morgan fingerprint density at radius 1 is 1.25 bits per heavy atom. The van der Waals surface area contributed by atoms with Crippen LogP contribution in [0.5, 0.6) is 0 Å². The molecule has 3 rings (SSSR count). The molecule has 0 N–H and O–H groups in total. The molecule has 1 saturated heterocycles. The van der Waals surface area contributed by atoms with Crippen molar-refractivity contribution < 1.29 is 4.52 Å². The monoisotopic (exact) mass is 216 g/mol. The van der Waals surface area contributed by atoms with E-state index >= 15 is 0 Å². The highest BCUT2D eigenvalue weighted by Crippen LogP contribution is 2.21. The van der Waals surface area contributed by atoms with Gasteiger partial charge in [0, 0.05) is 31.0 Å². The van der Waals surface area contributed by atoms with Crippen molar-refractivity contribution in [3.05, 3.63) is 24.5 Å². The smallest absolute Gasteiger partial charge is 0.324 e. The van der Waals surface area contributed by atoms with Crippen molar-refractivity contribution in [1.29, 1.82) is 0 Å². The van der Waals surface area contributed by atoms with Gasteiger partial charge in [-0.2, -0.15) is 4.98 Å². The van der Waals surface area contributed by atoms with Crippen LogP contribution in [0.25, 0.3) is 11.4 Å². The van der Waals surface area contributed by atoms with Crippen LogP contribution in [0, 0.1) is 0 Å². The molecule has 1 aliphatic rings. The van der Waals surface area contributed by atoms with E-state index in [-0.39, 0.29) is 0 Å². The molecule has 2 aromatic rings. The number of hydrogen-bond acceptors (Lipinski definition) is 5. The fraction of sp³-hybridized carbons (Fsp3) is 0.364. The second-order valence-corrected chi connectivity index (χ2v) is 3.84. The van der Waals surface area contributed by atoms with Crippen molar-refractivity contribution in [1.82, 2.24) is 15.1 Å². The minimum absolute atomic E-state index is 0.606. The Hall–Kier alpha value is -1.91. The third kappa shape index (κ3) is 1.64. The van der Waals surface area contributed by atoms with E-state index in [0.29, 0.717) is 11.8 Å². The maximum Gasteiger partial charge on any atom is 0.324 e. The lowest BCUT2D eigenvalue weighted by molar-refractivity contribution is 0.419. The standard InChI is InChI=1S/C11H12N4O/c1-2-7-15(6-1)11-13-10(14-16-11)9-4-3-5-12-8-9/h3-5,8H,1-2,6-7H2. The first kappa shape index (κ1) is 9.33. The fourth-order valence-electron chi connectivity index (χ4n) is 1.86. The molecule has 0 saturated carbocycles. The van der Waals surface area contributed by atoms with Crippen molar-refractivity contribution in [2.45, 2.75) is 12.8 Å². The van der Waals surface area contributed by atoms with E-state index in [9.17, 15) is 0 Å². The van der Waals surface area contributed by atoms with Crippen molar-refractivity contribution in [3.8, 4) is 11.4 Å². The highest BCUT2D eigenvalue weighted by Gasteiger charge is 2.18. The largest absolute Gasteiger partial charge is 0.324 e. The quantitative estimate of drug-likeness (QED) is 0.765. The minimum Gasteiger partial charge on any atom is -0.324 e. The van der Waals surface area contributed by atoms with Crippen LogP contribution in [0.3, 0.4) is 0 Å². The molecular formula is C11H12N4O. The summed E-state index contributed by atoms with van der Waals surface area (Å²) in [5.74, 6) is 0.606. The van der Waals surface area contributed by atoms with E-state index < -0.39 is 0 Å². The Bertz CT molecular complexity index is 462. The summed E-state index contributed by atoms with van der Waals surface area (Å²) in [5.41, 5.74) is 0.886. The summed E-state index contributed by atoms with van der Waals surface area (Å²) in [6, 6.07) is 4.41. The van der Waals surface area contributed by atoms with Crippen LogP contribution in [0.4, 0.5) is 6.01 Å². The summed E-state index contributed by atoms with van der Waals surface area (Å²) in [7, 11) is 0. The summed E-state index contributed by atoms with van der Waals surface area (Å²) in [5, 5.41) is 3.96. The zero-order valence-corrected chi connectivity index (χ0v) is 8.83. The van der Waals surface area contributed by atoms with Crippen molar-refractivity contribution in [2.24, 2.45) is 0 Å². The van der Waals surface area contributed by atoms with Gasteiger partial charge in [-0.25, -0.2) is 0 Å². The van der Waals surface area contributed by atoms with Gasteiger partial charge in [0.25, 0.3) is 0 Å². The molecule has 82 valence electrons. The molecule has 0 aliphatic carbocycles. The van der Waals surface area contributed by atoms with Gasteiger partial charge in [-0.05, 0) is 25.0 Å². The molecule has 16 heavy (non-hydrogen) atoms. The normalized spacial score (nSPS) is 15.6. The van der Waals surface area contributed by atoms with Crippen molar-refractivity contribution in [3.63, 3.8) is 0 Å². The predicted molar refractivity (Wildman–Crippen MR) is 59.0 cm³/mol. The number of hydrogen-bond donors (Lipinski definition) is 0. The first-order valence-electron chi connectivity index (χ1n) is 5.42. The molecule has 0 bridgehead atoms. The van der Waals surface area contributed by atoms with Crippen LogP contribution < -0.4 is 4.90 Å². The zero-order valence-electron chi connectivity index (χ0n) is 8.83. The first-order valence-corrected chi connectivity index (χ1v) is 5.42. The molecular weight excluding hydrogens is 204 g/mol. The number of anilines is 1. The first-order chi connectivity index (χ1) is 7.93. The Morgan fingerprint density at radius 2 is 2.12 bits per heavy atom. The second kappa shape index (κ2) is 3.92. The van der Waals surface area contributed by atoms with Crippen LogP contribution in [0.1, 0.15) is 12.8 Å². The molecule has 0 amide bonds. The van der Waals surface area contributed by atoms with E-state index in [4.69, 9.17) is 4.52 Å². The summed E-state index contributed by atoms with van der Waals surface area (Å²) in [6.07, 6.45) is 5.86. The second-order valence-electron chi connectivity index (χ2n) is 3.84. The van der Waals surface area contributed by atoms with Gasteiger partial charge in [-0.15, -0.1) is 0 Å². The summed E-state index contributed by atoms with van der Waals surface area (Å²) >= 11 is 0. The maximum atomic E-state index is 5.24. The SMILES string of the molecule is c1cncc(-c2noc(N3CCCC3)n2)c1. The Labute approximate surface area is 93.1 Å². The molecule has 3 heterocycles. The summed E-state index contributed by atoms with van der Waals surface area (Å²) in [6.45, 7) is 2.02. The Kier molecular flexibility index (Phi) is 2.29. The number of rotatable bonds is 2. The average molecular weight is 216 g/mol. The zero-order chi connectivity index (χ0) is 10.8.